The number of carbonyl (C=O) groups excluding carboxylic acids is 1. The molecule has 0 bridgehead atoms. The van der Waals surface area contributed by atoms with E-state index in [4.69, 9.17) is 4.42 Å². The molecule has 0 aromatic carbocycles. The smallest absolute Gasteiger partial charge is 0.234 e. The molecular weight excluding hydrogens is 216 g/mol. The average molecular weight is 234 g/mol. The van der Waals surface area contributed by atoms with Gasteiger partial charge < -0.3 is 9.73 Å². The van der Waals surface area contributed by atoms with Crippen molar-refractivity contribution in [3.63, 3.8) is 0 Å². The molecule has 92 valence electrons. The highest BCUT2D eigenvalue weighted by atomic mass is 16.3. The van der Waals surface area contributed by atoms with Crippen molar-refractivity contribution < 1.29 is 9.21 Å². The SMILES string of the molecule is C=CCN(CC=C)CC(=O)NCc1ccco1. The van der Waals surface area contributed by atoms with Crippen molar-refractivity contribution in [2.75, 3.05) is 19.6 Å². The average Bonchev–Trinajstić information content (AvgIpc) is 2.80. The maximum atomic E-state index is 11.6. The van der Waals surface area contributed by atoms with Crippen LogP contribution in [0.3, 0.4) is 0 Å². The summed E-state index contributed by atoms with van der Waals surface area (Å²) in [5, 5.41) is 2.79. The largest absolute Gasteiger partial charge is 0.467 e. The van der Waals surface area contributed by atoms with Crippen LogP contribution in [-0.4, -0.2) is 30.4 Å². The molecule has 0 aliphatic rings. The van der Waals surface area contributed by atoms with E-state index in [-0.39, 0.29) is 5.91 Å². The third-order valence-corrected chi connectivity index (χ3v) is 2.18. The van der Waals surface area contributed by atoms with E-state index in [2.05, 4.69) is 18.5 Å². The van der Waals surface area contributed by atoms with Gasteiger partial charge in [0.2, 0.25) is 5.91 Å². The van der Waals surface area contributed by atoms with Gasteiger partial charge in [0.1, 0.15) is 5.76 Å². The topological polar surface area (TPSA) is 45.5 Å². The van der Waals surface area contributed by atoms with Gasteiger partial charge in [-0.3, -0.25) is 9.69 Å². The molecule has 0 spiro atoms. The minimum atomic E-state index is -0.0369. The fourth-order valence-corrected chi connectivity index (χ4v) is 1.43. The normalized spacial score (nSPS) is 10.2. The van der Waals surface area contributed by atoms with E-state index in [0.29, 0.717) is 26.2 Å². The van der Waals surface area contributed by atoms with Crippen LogP contribution in [0.4, 0.5) is 0 Å². The van der Waals surface area contributed by atoms with E-state index in [0.717, 1.165) is 5.76 Å². The third kappa shape index (κ3) is 5.17. The Morgan fingerprint density at radius 1 is 1.41 bits per heavy atom. The van der Waals surface area contributed by atoms with Gasteiger partial charge in [-0.2, -0.15) is 0 Å². The first-order valence-corrected chi connectivity index (χ1v) is 5.49. The molecule has 0 fully saturated rings. The summed E-state index contributed by atoms with van der Waals surface area (Å²) in [4.78, 5) is 13.6. The Morgan fingerprint density at radius 3 is 2.65 bits per heavy atom. The Morgan fingerprint density at radius 2 is 2.12 bits per heavy atom. The number of rotatable bonds is 8. The molecule has 0 aliphatic carbocycles. The summed E-state index contributed by atoms with van der Waals surface area (Å²) in [5.74, 6) is 0.711. The number of nitrogens with zero attached hydrogens (tertiary/aromatic N) is 1. The number of hydrogen-bond acceptors (Lipinski definition) is 3. The number of amides is 1. The molecule has 1 heterocycles. The Kier molecular flexibility index (Phi) is 5.82. The maximum absolute atomic E-state index is 11.6. The molecule has 1 amide bonds. The van der Waals surface area contributed by atoms with Gasteiger partial charge in [-0.25, -0.2) is 0 Å². The van der Waals surface area contributed by atoms with Crippen molar-refractivity contribution in [3.8, 4) is 0 Å². The standard InChI is InChI=1S/C13H18N2O2/c1-3-7-15(8-4-2)11-13(16)14-10-12-6-5-9-17-12/h3-6,9H,1-2,7-8,10-11H2,(H,14,16). The molecule has 4 nitrogen and oxygen atoms in total. The lowest BCUT2D eigenvalue weighted by Gasteiger charge is -2.17. The second-order valence-electron chi connectivity index (χ2n) is 3.63. The molecule has 0 saturated carbocycles. The zero-order valence-corrected chi connectivity index (χ0v) is 9.89. The van der Waals surface area contributed by atoms with E-state index in [1.165, 1.54) is 0 Å². The maximum Gasteiger partial charge on any atom is 0.234 e. The highest BCUT2D eigenvalue weighted by Gasteiger charge is 2.08. The van der Waals surface area contributed by atoms with E-state index < -0.39 is 0 Å². The number of hydrogen-bond donors (Lipinski definition) is 1. The Bertz CT molecular complexity index is 348. The van der Waals surface area contributed by atoms with E-state index in [9.17, 15) is 4.79 Å². The van der Waals surface area contributed by atoms with E-state index >= 15 is 0 Å². The van der Waals surface area contributed by atoms with Gasteiger partial charge in [-0.1, -0.05) is 12.2 Å². The molecule has 0 aliphatic heterocycles. The molecule has 0 radical (unpaired) electrons. The number of nitrogens with one attached hydrogen (secondary N) is 1. The van der Waals surface area contributed by atoms with Gasteiger partial charge >= 0.3 is 0 Å². The Balaban J connectivity index is 2.31. The van der Waals surface area contributed by atoms with Crippen LogP contribution in [0.2, 0.25) is 0 Å². The number of carbonyl (C=O) groups is 1. The van der Waals surface area contributed by atoms with E-state index in [1.54, 1.807) is 24.5 Å². The van der Waals surface area contributed by atoms with Crippen LogP contribution in [-0.2, 0) is 11.3 Å². The summed E-state index contributed by atoms with van der Waals surface area (Å²) in [5.41, 5.74) is 0. The first kappa shape index (κ1) is 13.3. The minimum absolute atomic E-state index is 0.0369. The first-order valence-electron chi connectivity index (χ1n) is 5.49. The van der Waals surface area contributed by atoms with Crippen LogP contribution in [0.15, 0.2) is 48.1 Å². The first-order chi connectivity index (χ1) is 8.26. The van der Waals surface area contributed by atoms with Crippen LogP contribution in [0.5, 0.6) is 0 Å². The molecule has 1 aromatic rings. The second-order valence-corrected chi connectivity index (χ2v) is 3.63. The van der Waals surface area contributed by atoms with Crippen LogP contribution in [0.1, 0.15) is 5.76 Å². The summed E-state index contributed by atoms with van der Waals surface area (Å²) in [6.07, 6.45) is 5.12. The van der Waals surface area contributed by atoms with Crippen LogP contribution >= 0.6 is 0 Å². The fraction of sp³-hybridized carbons (Fsp3) is 0.308. The molecule has 1 aromatic heterocycles. The lowest BCUT2D eigenvalue weighted by molar-refractivity contribution is -0.122. The number of furan rings is 1. The summed E-state index contributed by atoms with van der Waals surface area (Å²) in [6, 6.07) is 3.62. The summed E-state index contributed by atoms with van der Waals surface area (Å²) in [7, 11) is 0. The molecular formula is C13H18N2O2. The van der Waals surface area contributed by atoms with Crippen molar-refractivity contribution in [3.05, 3.63) is 49.5 Å². The molecule has 4 heteroatoms. The van der Waals surface area contributed by atoms with Crippen molar-refractivity contribution in [1.82, 2.24) is 10.2 Å². The highest BCUT2D eigenvalue weighted by molar-refractivity contribution is 5.77. The minimum Gasteiger partial charge on any atom is -0.467 e. The van der Waals surface area contributed by atoms with E-state index in [1.807, 2.05) is 11.0 Å². The molecule has 0 unspecified atom stereocenters. The predicted molar refractivity (Wildman–Crippen MR) is 67.4 cm³/mol. The molecule has 1 N–H and O–H groups in total. The fourth-order valence-electron chi connectivity index (χ4n) is 1.43. The van der Waals surface area contributed by atoms with Crippen molar-refractivity contribution in [2.45, 2.75) is 6.54 Å². The zero-order chi connectivity index (χ0) is 12.5. The van der Waals surface area contributed by atoms with Gasteiger partial charge in [0, 0.05) is 13.1 Å². The van der Waals surface area contributed by atoms with Crippen molar-refractivity contribution in [2.24, 2.45) is 0 Å². The summed E-state index contributed by atoms with van der Waals surface area (Å²) >= 11 is 0. The monoisotopic (exact) mass is 234 g/mol. The summed E-state index contributed by atoms with van der Waals surface area (Å²) < 4.78 is 5.12. The molecule has 0 saturated heterocycles. The van der Waals surface area contributed by atoms with Gasteiger partial charge in [0.05, 0.1) is 19.4 Å². The Labute approximate surface area is 102 Å². The second kappa shape index (κ2) is 7.46. The summed E-state index contributed by atoms with van der Waals surface area (Å²) in [6.45, 7) is 9.39. The Hall–Kier alpha value is -1.81. The third-order valence-electron chi connectivity index (χ3n) is 2.18. The molecule has 1 rings (SSSR count). The van der Waals surface area contributed by atoms with Gasteiger partial charge in [-0.15, -0.1) is 13.2 Å². The zero-order valence-electron chi connectivity index (χ0n) is 9.89. The van der Waals surface area contributed by atoms with Gasteiger partial charge in [0.25, 0.3) is 0 Å². The quantitative estimate of drug-likeness (QED) is 0.694. The highest BCUT2D eigenvalue weighted by Crippen LogP contribution is 1.98. The van der Waals surface area contributed by atoms with Gasteiger partial charge in [0.15, 0.2) is 0 Å². The lowest BCUT2D eigenvalue weighted by atomic mass is 10.4. The van der Waals surface area contributed by atoms with Crippen molar-refractivity contribution >= 4 is 5.91 Å². The lowest BCUT2D eigenvalue weighted by Crippen LogP contribution is -2.37. The van der Waals surface area contributed by atoms with Crippen molar-refractivity contribution in [1.29, 1.82) is 0 Å². The van der Waals surface area contributed by atoms with Crippen LogP contribution in [0, 0.1) is 0 Å². The predicted octanol–water partition coefficient (Wildman–Crippen LogP) is 1.57. The van der Waals surface area contributed by atoms with Crippen LogP contribution < -0.4 is 5.32 Å². The van der Waals surface area contributed by atoms with Gasteiger partial charge in [-0.05, 0) is 12.1 Å². The molecule has 0 atom stereocenters. The molecule has 17 heavy (non-hydrogen) atoms. The van der Waals surface area contributed by atoms with Crippen LogP contribution in [0.25, 0.3) is 0 Å².